The van der Waals surface area contributed by atoms with Crippen LogP contribution in [0.3, 0.4) is 0 Å². The molecule has 1 amide bonds. The molecular weight excluding hydrogens is 391 g/mol. The first-order chi connectivity index (χ1) is 12.5. The van der Waals surface area contributed by atoms with Gasteiger partial charge in [0.15, 0.2) is 5.16 Å². The summed E-state index contributed by atoms with van der Waals surface area (Å²) in [7, 11) is 1.78. The number of aromatic nitrogens is 3. The molecule has 2 aromatic carbocycles. The number of halogens is 2. The van der Waals surface area contributed by atoms with Crippen molar-refractivity contribution in [1.29, 1.82) is 0 Å². The van der Waals surface area contributed by atoms with Crippen LogP contribution in [0.15, 0.2) is 60.0 Å². The highest BCUT2D eigenvalue weighted by Crippen LogP contribution is 2.22. The lowest BCUT2D eigenvalue weighted by atomic mass is 10.2. The Labute approximate surface area is 165 Å². The van der Waals surface area contributed by atoms with Crippen molar-refractivity contribution in [3.8, 4) is 5.69 Å². The van der Waals surface area contributed by atoms with Gasteiger partial charge in [-0.15, -0.1) is 10.2 Å². The summed E-state index contributed by atoms with van der Waals surface area (Å²) in [6.45, 7) is 0.525. The molecule has 26 heavy (non-hydrogen) atoms. The summed E-state index contributed by atoms with van der Waals surface area (Å²) in [5.74, 6) is 0.272. The molecule has 1 aromatic heterocycles. The maximum atomic E-state index is 12.4. The van der Waals surface area contributed by atoms with E-state index in [0.717, 1.165) is 11.3 Å². The third-order valence-corrected chi connectivity index (χ3v) is 5.10. The van der Waals surface area contributed by atoms with Gasteiger partial charge in [0.2, 0.25) is 5.91 Å². The monoisotopic (exact) mass is 406 g/mol. The minimum absolute atomic E-state index is 0.00518. The summed E-state index contributed by atoms with van der Waals surface area (Å²) >= 11 is 13.3. The molecule has 0 radical (unpaired) electrons. The average molecular weight is 407 g/mol. The molecule has 0 fully saturated rings. The van der Waals surface area contributed by atoms with Crippen molar-refractivity contribution >= 4 is 40.9 Å². The Kier molecular flexibility index (Phi) is 6.19. The molecule has 5 nitrogen and oxygen atoms in total. The quantitative estimate of drug-likeness (QED) is 0.571. The first kappa shape index (κ1) is 18.8. The molecule has 0 aliphatic heterocycles. The van der Waals surface area contributed by atoms with Crippen molar-refractivity contribution < 1.29 is 4.79 Å². The Morgan fingerprint density at radius 2 is 1.92 bits per heavy atom. The number of thioether (sulfide) groups is 1. The van der Waals surface area contributed by atoms with Crippen LogP contribution < -0.4 is 0 Å². The van der Waals surface area contributed by atoms with Crippen LogP contribution in [0.1, 0.15) is 5.56 Å². The highest BCUT2D eigenvalue weighted by molar-refractivity contribution is 7.99. The van der Waals surface area contributed by atoms with Gasteiger partial charge in [0.1, 0.15) is 6.33 Å². The largest absolute Gasteiger partial charge is 0.341 e. The molecule has 0 atom stereocenters. The highest BCUT2D eigenvalue weighted by Gasteiger charge is 2.14. The van der Waals surface area contributed by atoms with E-state index in [-0.39, 0.29) is 11.7 Å². The van der Waals surface area contributed by atoms with E-state index in [2.05, 4.69) is 10.2 Å². The van der Waals surface area contributed by atoms with Gasteiger partial charge >= 0.3 is 0 Å². The number of carbonyl (C=O) groups is 1. The standard InChI is InChI=1S/C18H16Cl2N4OS/c1-23(10-13-5-7-14(19)8-6-13)17(25)11-26-18-22-21-12-24(18)16-4-2-3-15(20)9-16/h2-9,12H,10-11H2,1H3. The Morgan fingerprint density at radius 1 is 1.15 bits per heavy atom. The normalized spacial score (nSPS) is 10.7. The number of rotatable bonds is 6. The molecule has 0 spiro atoms. The fourth-order valence-corrected chi connectivity index (χ4v) is 3.49. The van der Waals surface area contributed by atoms with E-state index in [9.17, 15) is 4.79 Å². The van der Waals surface area contributed by atoms with Crippen molar-refractivity contribution in [3.05, 3.63) is 70.5 Å². The maximum Gasteiger partial charge on any atom is 0.233 e. The zero-order valence-corrected chi connectivity index (χ0v) is 16.3. The van der Waals surface area contributed by atoms with E-state index >= 15 is 0 Å². The van der Waals surface area contributed by atoms with Crippen molar-refractivity contribution in [3.63, 3.8) is 0 Å². The van der Waals surface area contributed by atoms with Crippen molar-refractivity contribution in [2.24, 2.45) is 0 Å². The summed E-state index contributed by atoms with van der Waals surface area (Å²) in [5, 5.41) is 9.98. The molecule has 0 N–H and O–H groups in total. The van der Waals surface area contributed by atoms with E-state index in [0.29, 0.717) is 21.7 Å². The lowest BCUT2D eigenvalue weighted by molar-refractivity contribution is -0.127. The van der Waals surface area contributed by atoms with E-state index in [4.69, 9.17) is 23.2 Å². The van der Waals surface area contributed by atoms with Crippen LogP contribution in [-0.4, -0.2) is 38.4 Å². The Hall–Kier alpha value is -2.02. The zero-order valence-electron chi connectivity index (χ0n) is 14.0. The number of carbonyl (C=O) groups excluding carboxylic acids is 1. The summed E-state index contributed by atoms with van der Waals surface area (Å²) in [6.07, 6.45) is 1.61. The van der Waals surface area contributed by atoms with Gasteiger partial charge < -0.3 is 4.90 Å². The topological polar surface area (TPSA) is 51.0 Å². The number of nitrogens with zero attached hydrogens (tertiary/aromatic N) is 4. The fraction of sp³-hybridized carbons (Fsp3) is 0.167. The van der Waals surface area contributed by atoms with E-state index in [1.807, 2.05) is 47.0 Å². The van der Waals surface area contributed by atoms with Crippen LogP contribution >= 0.6 is 35.0 Å². The van der Waals surface area contributed by atoms with Crippen molar-refractivity contribution in [2.75, 3.05) is 12.8 Å². The second-order valence-corrected chi connectivity index (χ2v) is 7.44. The van der Waals surface area contributed by atoms with E-state index < -0.39 is 0 Å². The number of amides is 1. The van der Waals surface area contributed by atoms with Gasteiger partial charge in [0.05, 0.1) is 11.4 Å². The maximum absolute atomic E-state index is 12.4. The lowest BCUT2D eigenvalue weighted by Crippen LogP contribution is -2.27. The Balaban J connectivity index is 1.61. The molecule has 0 saturated carbocycles. The fourth-order valence-electron chi connectivity index (χ4n) is 2.31. The highest BCUT2D eigenvalue weighted by atomic mass is 35.5. The summed E-state index contributed by atoms with van der Waals surface area (Å²) in [5.41, 5.74) is 1.88. The van der Waals surface area contributed by atoms with Gasteiger partial charge in [-0.3, -0.25) is 9.36 Å². The molecule has 0 saturated heterocycles. The smallest absolute Gasteiger partial charge is 0.233 e. The molecule has 3 rings (SSSR count). The first-order valence-electron chi connectivity index (χ1n) is 7.80. The van der Waals surface area contributed by atoms with Gasteiger partial charge in [-0.2, -0.15) is 0 Å². The Morgan fingerprint density at radius 3 is 2.65 bits per heavy atom. The number of hydrogen-bond donors (Lipinski definition) is 0. The van der Waals surface area contributed by atoms with Crippen molar-refractivity contribution in [1.82, 2.24) is 19.7 Å². The second kappa shape index (κ2) is 8.58. The van der Waals surface area contributed by atoms with Crippen LogP contribution in [0, 0.1) is 0 Å². The van der Waals surface area contributed by atoms with Crippen LogP contribution in [-0.2, 0) is 11.3 Å². The Bertz CT molecular complexity index is 898. The summed E-state index contributed by atoms with van der Waals surface area (Å²) in [6, 6.07) is 14.9. The molecule has 134 valence electrons. The lowest BCUT2D eigenvalue weighted by Gasteiger charge is -2.17. The molecule has 3 aromatic rings. The average Bonchev–Trinajstić information content (AvgIpc) is 3.10. The van der Waals surface area contributed by atoms with Crippen LogP contribution in [0.5, 0.6) is 0 Å². The first-order valence-corrected chi connectivity index (χ1v) is 9.54. The zero-order chi connectivity index (χ0) is 18.5. The molecule has 8 heteroatoms. The SMILES string of the molecule is CN(Cc1ccc(Cl)cc1)C(=O)CSc1nncn1-c1cccc(Cl)c1. The van der Waals surface area contributed by atoms with E-state index in [1.54, 1.807) is 24.3 Å². The molecule has 0 unspecified atom stereocenters. The van der Waals surface area contributed by atoms with Crippen LogP contribution in [0.2, 0.25) is 10.0 Å². The van der Waals surface area contributed by atoms with Gasteiger partial charge in [-0.05, 0) is 35.9 Å². The second-order valence-electron chi connectivity index (χ2n) is 5.63. The molecule has 0 aliphatic rings. The van der Waals surface area contributed by atoms with Gasteiger partial charge in [0.25, 0.3) is 0 Å². The predicted octanol–water partition coefficient (Wildman–Crippen LogP) is 4.32. The number of hydrogen-bond acceptors (Lipinski definition) is 4. The van der Waals surface area contributed by atoms with Crippen LogP contribution in [0.4, 0.5) is 0 Å². The third kappa shape index (κ3) is 4.78. The predicted molar refractivity (Wildman–Crippen MR) is 105 cm³/mol. The molecule has 0 aliphatic carbocycles. The minimum atomic E-state index is 0.00518. The third-order valence-electron chi connectivity index (χ3n) is 3.69. The molecular formula is C18H16Cl2N4OS. The molecule has 1 heterocycles. The minimum Gasteiger partial charge on any atom is -0.341 e. The summed E-state index contributed by atoms with van der Waals surface area (Å²) < 4.78 is 1.81. The van der Waals surface area contributed by atoms with Crippen molar-refractivity contribution in [2.45, 2.75) is 11.7 Å². The van der Waals surface area contributed by atoms with Gasteiger partial charge in [-0.25, -0.2) is 0 Å². The van der Waals surface area contributed by atoms with Gasteiger partial charge in [-0.1, -0.05) is 53.2 Å². The number of benzene rings is 2. The summed E-state index contributed by atoms with van der Waals surface area (Å²) in [4.78, 5) is 14.1. The molecule has 0 bridgehead atoms. The van der Waals surface area contributed by atoms with Crippen LogP contribution in [0.25, 0.3) is 5.69 Å². The van der Waals surface area contributed by atoms with Gasteiger partial charge in [0, 0.05) is 23.6 Å². The van der Waals surface area contributed by atoms with E-state index in [1.165, 1.54) is 11.8 Å².